The van der Waals surface area contributed by atoms with E-state index < -0.39 is 54.2 Å². The average molecular weight is 667 g/mol. The summed E-state index contributed by atoms with van der Waals surface area (Å²) >= 11 is 2.50. The molecule has 242 valence electrons. The number of urea groups is 1. The molecule has 0 spiro atoms. The number of thiazole rings is 2. The van der Waals surface area contributed by atoms with E-state index in [1.165, 1.54) is 27.6 Å². The summed E-state index contributed by atoms with van der Waals surface area (Å²) in [6, 6.07) is 7.72. The summed E-state index contributed by atoms with van der Waals surface area (Å²) in [5.41, 5.74) is 1.30. The second kappa shape index (κ2) is 14.6. The lowest BCUT2D eigenvalue weighted by Gasteiger charge is -2.25. The van der Waals surface area contributed by atoms with Crippen molar-refractivity contribution in [3.05, 3.63) is 68.1 Å². The Kier molecular flexibility index (Phi) is 10.4. The summed E-state index contributed by atoms with van der Waals surface area (Å²) < 4.78 is 0. The van der Waals surface area contributed by atoms with Gasteiger partial charge in [0.05, 0.1) is 25.2 Å². The van der Waals surface area contributed by atoms with Gasteiger partial charge in [0, 0.05) is 23.8 Å². The van der Waals surface area contributed by atoms with E-state index in [9.17, 15) is 28.8 Å². The van der Waals surface area contributed by atoms with Gasteiger partial charge in [-0.3, -0.25) is 28.9 Å². The van der Waals surface area contributed by atoms with E-state index in [0.717, 1.165) is 10.5 Å². The Balaban J connectivity index is 1.44. The molecule has 1 fully saturated rings. The van der Waals surface area contributed by atoms with Gasteiger partial charge in [0.2, 0.25) is 11.8 Å². The van der Waals surface area contributed by atoms with Gasteiger partial charge >= 0.3 is 6.03 Å². The first-order valence-corrected chi connectivity index (χ1v) is 16.5. The number of aromatic nitrogens is 2. The van der Waals surface area contributed by atoms with E-state index in [1.54, 1.807) is 10.8 Å². The molecule has 0 radical (unpaired) electrons. The zero-order chi connectivity index (χ0) is 32.8. The molecule has 2 aromatic heterocycles. The minimum absolute atomic E-state index is 0.0335. The molecular weight excluding hydrogens is 633 g/mol. The van der Waals surface area contributed by atoms with Crippen LogP contribution in [0.4, 0.5) is 4.79 Å². The number of imide groups is 1. The third-order valence-corrected chi connectivity index (χ3v) is 9.34. The summed E-state index contributed by atoms with van der Waals surface area (Å²) in [4.78, 5) is 88.4. The van der Waals surface area contributed by atoms with Crippen LogP contribution in [-0.4, -0.2) is 88.1 Å². The van der Waals surface area contributed by atoms with Crippen molar-refractivity contribution in [2.45, 2.75) is 38.8 Å². The number of rotatable bonds is 5. The highest BCUT2D eigenvalue weighted by molar-refractivity contribution is 7.10. The van der Waals surface area contributed by atoms with E-state index in [4.69, 9.17) is 0 Å². The number of nitrogens with one attached hydrogen (secondary N) is 4. The monoisotopic (exact) mass is 666 g/mol. The van der Waals surface area contributed by atoms with Crippen LogP contribution in [0.5, 0.6) is 0 Å². The molecule has 4 N–H and O–H groups in total. The van der Waals surface area contributed by atoms with Crippen LogP contribution in [-0.2, 0) is 20.8 Å². The molecule has 3 aromatic rings. The topological polar surface area (TPSA) is 183 Å². The van der Waals surface area contributed by atoms with Crippen LogP contribution in [0.1, 0.15) is 68.9 Å². The summed E-state index contributed by atoms with van der Waals surface area (Å²) in [6.07, 6.45) is 0.663. The maximum absolute atomic E-state index is 13.5. The van der Waals surface area contributed by atoms with Crippen molar-refractivity contribution >= 4 is 58.2 Å². The molecule has 0 saturated carbocycles. The van der Waals surface area contributed by atoms with Crippen LogP contribution < -0.4 is 21.3 Å². The molecule has 2 aliphatic rings. The van der Waals surface area contributed by atoms with Gasteiger partial charge in [0.25, 0.3) is 17.7 Å². The number of hydrogen-bond acceptors (Lipinski definition) is 10. The molecule has 16 heteroatoms. The number of fused-ring (bicyclic) bond motifs is 4. The Morgan fingerprint density at radius 1 is 0.935 bits per heavy atom. The molecular formula is C30H34N8O6S2. The highest BCUT2D eigenvalue weighted by Gasteiger charge is 2.33. The molecule has 7 amide bonds. The molecule has 4 bridgehead atoms. The molecule has 1 aromatic carbocycles. The first-order valence-electron chi connectivity index (χ1n) is 14.8. The second-order valence-electron chi connectivity index (χ2n) is 11.2. The summed E-state index contributed by atoms with van der Waals surface area (Å²) in [5, 5.41) is 15.4. The lowest BCUT2D eigenvalue weighted by Crippen LogP contribution is -2.48. The Morgan fingerprint density at radius 2 is 1.63 bits per heavy atom. The minimum Gasteiger partial charge on any atom is -0.351 e. The Morgan fingerprint density at radius 3 is 2.33 bits per heavy atom. The zero-order valence-electron chi connectivity index (χ0n) is 25.3. The van der Waals surface area contributed by atoms with Gasteiger partial charge in [-0.15, -0.1) is 22.7 Å². The van der Waals surface area contributed by atoms with Crippen LogP contribution in [0.2, 0.25) is 0 Å². The average Bonchev–Trinajstić information content (AvgIpc) is 3.79. The van der Waals surface area contributed by atoms with Crippen molar-refractivity contribution in [2.75, 3.05) is 32.7 Å². The second-order valence-corrected chi connectivity index (χ2v) is 13.0. The number of amides is 7. The molecule has 5 rings (SSSR count). The van der Waals surface area contributed by atoms with E-state index in [0.29, 0.717) is 16.4 Å². The molecule has 1 saturated heterocycles. The fraction of sp³-hybridized carbons (Fsp3) is 0.400. The molecule has 14 nitrogen and oxygen atoms in total. The van der Waals surface area contributed by atoms with Crippen LogP contribution in [0.25, 0.3) is 0 Å². The quantitative estimate of drug-likeness (QED) is 0.297. The van der Waals surface area contributed by atoms with E-state index in [1.807, 2.05) is 44.2 Å². The lowest BCUT2D eigenvalue weighted by molar-refractivity contribution is -0.139. The van der Waals surface area contributed by atoms with Crippen molar-refractivity contribution in [1.29, 1.82) is 0 Å². The number of carbonyl (C=O) groups excluding carboxylic acids is 6. The molecule has 0 unspecified atom stereocenters. The molecule has 0 aliphatic carbocycles. The minimum atomic E-state index is -0.679. The summed E-state index contributed by atoms with van der Waals surface area (Å²) in [6.45, 7) is 3.02. The van der Waals surface area contributed by atoms with Crippen molar-refractivity contribution in [1.82, 2.24) is 41.0 Å². The van der Waals surface area contributed by atoms with Crippen molar-refractivity contribution < 1.29 is 28.8 Å². The van der Waals surface area contributed by atoms with Crippen molar-refractivity contribution in [2.24, 2.45) is 5.92 Å². The predicted octanol–water partition coefficient (Wildman–Crippen LogP) is 1.64. The van der Waals surface area contributed by atoms with Crippen LogP contribution in [0.15, 0.2) is 41.1 Å². The van der Waals surface area contributed by atoms with Crippen LogP contribution in [0, 0.1) is 5.92 Å². The molecule has 46 heavy (non-hydrogen) atoms. The van der Waals surface area contributed by atoms with E-state index in [2.05, 4.69) is 31.2 Å². The van der Waals surface area contributed by atoms with Crippen LogP contribution in [0.3, 0.4) is 0 Å². The van der Waals surface area contributed by atoms with Gasteiger partial charge < -0.3 is 26.2 Å². The van der Waals surface area contributed by atoms with Gasteiger partial charge in [-0.05, 0) is 24.3 Å². The van der Waals surface area contributed by atoms with E-state index in [-0.39, 0.29) is 49.9 Å². The maximum atomic E-state index is 13.5. The summed E-state index contributed by atoms with van der Waals surface area (Å²) in [7, 11) is 0. The lowest BCUT2D eigenvalue weighted by atomic mass is 10.0. The SMILES string of the molecule is CC(C)[C@@H]1NC(=O)c2csc(n2)[C@H](Cc2ccccc2)NC(=O)CN(C(=O)CN2C(=O)CNC2=O)CCCNC(=O)c2csc1n2. The van der Waals surface area contributed by atoms with Crippen molar-refractivity contribution in [3.63, 3.8) is 0 Å². The third kappa shape index (κ3) is 7.92. The molecule has 2 aliphatic heterocycles. The predicted molar refractivity (Wildman–Crippen MR) is 169 cm³/mol. The standard InChI is InChI=1S/C30H34N8O6S2/c1-17(2)25-29-35-20(15-46-29)26(42)31-9-6-10-37(24(41)14-38-23(40)12-32-30(38)44)13-22(39)33-19(11-18-7-4-3-5-8-18)28-34-21(16-45-28)27(43)36-25/h3-5,7-8,15-17,19,25H,6,9-14H2,1-2H3,(H,31,42)(H,32,44)(H,33,39)(H,36,43)/t19-,25-/m0/s1. The van der Waals surface area contributed by atoms with Gasteiger partial charge in [0.1, 0.15) is 27.9 Å². The number of carbonyl (C=O) groups is 6. The fourth-order valence-corrected chi connectivity index (χ4v) is 6.85. The first kappa shape index (κ1) is 32.7. The van der Waals surface area contributed by atoms with Crippen LogP contribution >= 0.6 is 22.7 Å². The van der Waals surface area contributed by atoms with E-state index >= 15 is 0 Å². The first-order chi connectivity index (χ1) is 22.1. The molecule has 4 heterocycles. The van der Waals surface area contributed by atoms with Gasteiger partial charge in [-0.1, -0.05) is 44.2 Å². The van der Waals surface area contributed by atoms with Gasteiger partial charge in [-0.25, -0.2) is 14.8 Å². The Hall–Kier alpha value is -4.70. The Labute approximate surface area is 273 Å². The summed E-state index contributed by atoms with van der Waals surface area (Å²) in [5.74, 6) is -2.51. The normalized spacial score (nSPS) is 19.9. The number of nitrogens with zero attached hydrogens (tertiary/aromatic N) is 4. The zero-order valence-corrected chi connectivity index (χ0v) is 26.9. The highest BCUT2D eigenvalue weighted by Crippen LogP contribution is 2.27. The number of benzene rings is 1. The number of hydrogen-bond donors (Lipinski definition) is 4. The van der Waals surface area contributed by atoms with Gasteiger partial charge in [-0.2, -0.15) is 0 Å². The van der Waals surface area contributed by atoms with Crippen molar-refractivity contribution in [3.8, 4) is 0 Å². The molecule has 2 atom stereocenters. The maximum Gasteiger partial charge on any atom is 0.325 e. The Bertz CT molecular complexity index is 1610. The highest BCUT2D eigenvalue weighted by atomic mass is 32.1. The smallest absolute Gasteiger partial charge is 0.325 e. The third-order valence-electron chi connectivity index (χ3n) is 7.45. The largest absolute Gasteiger partial charge is 0.351 e. The van der Waals surface area contributed by atoms with Gasteiger partial charge in [0.15, 0.2) is 0 Å². The fourth-order valence-electron chi connectivity index (χ4n) is 4.98.